The first kappa shape index (κ1) is 24.6. The quantitative estimate of drug-likeness (QED) is 0.301. The minimum absolute atomic E-state index is 0. The first-order chi connectivity index (χ1) is 13.7. The van der Waals surface area contributed by atoms with Crippen LogP contribution in [0.25, 0.3) is 0 Å². The molecule has 9 heteroatoms. The van der Waals surface area contributed by atoms with E-state index < -0.39 is 0 Å². The van der Waals surface area contributed by atoms with E-state index in [2.05, 4.69) is 20.6 Å². The van der Waals surface area contributed by atoms with Gasteiger partial charge in [0, 0.05) is 31.9 Å². The Labute approximate surface area is 189 Å². The number of hydrogen-bond acceptors (Lipinski definition) is 6. The van der Waals surface area contributed by atoms with Crippen molar-refractivity contribution in [2.45, 2.75) is 20.0 Å². The lowest BCUT2D eigenvalue weighted by molar-refractivity contribution is 0.322. The van der Waals surface area contributed by atoms with Gasteiger partial charge in [-0.15, -0.1) is 24.0 Å². The summed E-state index contributed by atoms with van der Waals surface area (Å²) in [6, 6.07) is 7.65. The molecule has 0 aliphatic heterocycles. The van der Waals surface area contributed by atoms with Crippen molar-refractivity contribution in [3.05, 3.63) is 41.6 Å². The summed E-state index contributed by atoms with van der Waals surface area (Å²) in [7, 11) is 6.49. The van der Waals surface area contributed by atoms with E-state index in [1.807, 2.05) is 31.2 Å². The number of nitrogens with zero attached hydrogens (tertiary/aromatic N) is 2. The van der Waals surface area contributed by atoms with Crippen LogP contribution in [0.15, 0.2) is 35.5 Å². The van der Waals surface area contributed by atoms with Crippen LogP contribution in [-0.2, 0) is 13.1 Å². The normalized spacial score (nSPS) is 10.6. The van der Waals surface area contributed by atoms with Gasteiger partial charge in [0.05, 0.1) is 27.9 Å². The highest BCUT2D eigenvalue weighted by Crippen LogP contribution is 2.38. The minimum Gasteiger partial charge on any atom is -0.493 e. The number of aromatic nitrogens is 1. The van der Waals surface area contributed by atoms with Gasteiger partial charge in [0.25, 0.3) is 0 Å². The molecule has 2 aromatic rings. The summed E-state index contributed by atoms with van der Waals surface area (Å²) in [5, 5.41) is 6.54. The average molecular weight is 516 g/mol. The Bertz CT molecular complexity index is 777. The van der Waals surface area contributed by atoms with Crippen LogP contribution in [0, 0.1) is 0 Å². The lowest BCUT2D eigenvalue weighted by Crippen LogP contribution is -2.36. The molecule has 0 aliphatic rings. The van der Waals surface area contributed by atoms with Gasteiger partial charge >= 0.3 is 0 Å². The van der Waals surface area contributed by atoms with Gasteiger partial charge in [0.15, 0.2) is 17.5 Å². The number of methoxy groups -OCH3 is 3. The van der Waals surface area contributed by atoms with Crippen LogP contribution >= 0.6 is 24.0 Å². The SMILES string of the molecule is CCOc1ncccc1CNC(=NC)NCc1cc(OC)c(OC)c(OC)c1.I. The number of nitrogens with one attached hydrogen (secondary N) is 2. The van der Waals surface area contributed by atoms with Gasteiger partial charge in [-0.05, 0) is 30.7 Å². The molecule has 2 rings (SSSR count). The number of guanidine groups is 1. The molecule has 0 spiro atoms. The third-order valence-corrected chi connectivity index (χ3v) is 3.99. The van der Waals surface area contributed by atoms with Crippen LogP contribution in [0.3, 0.4) is 0 Å². The van der Waals surface area contributed by atoms with Crippen LogP contribution < -0.4 is 29.6 Å². The summed E-state index contributed by atoms with van der Waals surface area (Å²) in [6.45, 7) is 3.57. The Morgan fingerprint density at radius 1 is 1.03 bits per heavy atom. The van der Waals surface area contributed by atoms with Crippen LogP contribution in [0.2, 0.25) is 0 Å². The lowest BCUT2D eigenvalue weighted by atomic mass is 10.2. The van der Waals surface area contributed by atoms with Gasteiger partial charge in [-0.1, -0.05) is 6.07 Å². The van der Waals surface area contributed by atoms with Crippen molar-refractivity contribution in [3.8, 4) is 23.1 Å². The molecule has 0 amide bonds. The van der Waals surface area contributed by atoms with Gasteiger partial charge in [-0.25, -0.2) is 4.98 Å². The molecule has 2 N–H and O–H groups in total. The molecule has 0 bridgehead atoms. The fourth-order valence-electron chi connectivity index (χ4n) is 2.65. The predicted octanol–water partition coefficient (Wildman–Crippen LogP) is 2.99. The monoisotopic (exact) mass is 516 g/mol. The fraction of sp³-hybridized carbons (Fsp3) is 0.400. The maximum Gasteiger partial charge on any atom is 0.218 e. The van der Waals surface area contributed by atoms with Gasteiger partial charge in [0.2, 0.25) is 11.6 Å². The Kier molecular flexibility index (Phi) is 11.0. The van der Waals surface area contributed by atoms with Crippen LogP contribution in [0.5, 0.6) is 23.1 Å². The molecular formula is C20H29IN4O4. The minimum atomic E-state index is 0. The van der Waals surface area contributed by atoms with Crippen LogP contribution in [-0.4, -0.2) is 45.9 Å². The van der Waals surface area contributed by atoms with Gasteiger partial charge in [0.1, 0.15) is 0 Å². The summed E-state index contributed by atoms with van der Waals surface area (Å²) in [6.07, 6.45) is 1.71. The van der Waals surface area contributed by atoms with E-state index in [9.17, 15) is 0 Å². The predicted molar refractivity (Wildman–Crippen MR) is 124 cm³/mol. The zero-order valence-corrected chi connectivity index (χ0v) is 19.8. The molecule has 1 aromatic carbocycles. The average Bonchev–Trinajstić information content (AvgIpc) is 2.74. The largest absolute Gasteiger partial charge is 0.493 e. The molecule has 0 aliphatic carbocycles. The number of pyridine rings is 1. The van der Waals surface area contributed by atoms with Crippen molar-refractivity contribution in [3.63, 3.8) is 0 Å². The van der Waals surface area contributed by atoms with E-state index in [1.54, 1.807) is 34.6 Å². The summed E-state index contributed by atoms with van der Waals surface area (Å²) >= 11 is 0. The first-order valence-corrected chi connectivity index (χ1v) is 8.96. The fourth-order valence-corrected chi connectivity index (χ4v) is 2.65. The number of hydrogen-bond donors (Lipinski definition) is 2. The number of aliphatic imine (C=N–C) groups is 1. The van der Waals surface area contributed by atoms with Gasteiger partial charge in [-0.2, -0.15) is 0 Å². The zero-order valence-electron chi connectivity index (χ0n) is 17.4. The Morgan fingerprint density at radius 3 is 2.24 bits per heavy atom. The third-order valence-electron chi connectivity index (χ3n) is 3.99. The molecule has 1 heterocycles. The molecule has 0 fully saturated rings. The lowest BCUT2D eigenvalue weighted by Gasteiger charge is -2.16. The summed E-state index contributed by atoms with van der Waals surface area (Å²) in [5.74, 6) is 3.06. The number of rotatable bonds is 9. The smallest absolute Gasteiger partial charge is 0.218 e. The summed E-state index contributed by atoms with van der Waals surface area (Å²) < 4.78 is 21.7. The van der Waals surface area contributed by atoms with Gasteiger partial charge in [-0.3, -0.25) is 4.99 Å². The topological polar surface area (TPSA) is 86.2 Å². The maximum atomic E-state index is 5.55. The zero-order chi connectivity index (χ0) is 20.4. The van der Waals surface area contributed by atoms with E-state index in [0.29, 0.717) is 48.8 Å². The molecular weight excluding hydrogens is 487 g/mol. The van der Waals surface area contributed by atoms with Crippen LogP contribution in [0.4, 0.5) is 0 Å². The molecule has 0 unspecified atom stereocenters. The van der Waals surface area contributed by atoms with E-state index in [4.69, 9.17) is 18.9 Å². The number of halogens is 1. The highest BCUT2D eigenvalue weighted by Gasteiger charge is 2.13. The van der Waals surface area contributed by atoms with E-state index in [0.717, 1.165) is 11.1 Å². The van der Waals surface area contributed by atoms with Crippen molar-refractivity contribution in [2.75, 3.05) is 35.0 Å². The molecule has 8 nitrogen and oxygen atoms in total. The Balaban J connectivity index is 0.00000420. The molecule has 160 valence electrons. The third kappa shape index (κ3) is 6.84. The summed E-state index contributed by atoms with van der Waals surface area (Å²) in [4.78, 5) is 8.52. The van der Waals surface area contributed by atoms with Gasteiger partial charge < -0.3 is 29.6 Å². The molecule has 29 heavy (non-hydrogen) atoms. The number of ether oxygens (including phenoxy) is 4. The molecule has 0 saturated carbocycles. The van der Waals surface area contributed by atoms with E-state index in [-0.39, 0.29) is 24.0 Å². The second kappa shape index (κ2) is 12.9. The Morgan fingerprint density at radius 2 is 1.69 bits per heavy atom. The Hall–Kier alpha value is -2.43. The standard InChI is InChI=1S/C20H28N4O4.HI/c1-6-28-19-15(8-7-9-22-19)13-24-20(21-2)23-12-14-10-16(25-3)18(27-5)17(11-14)26-4;/h7-11H,6,12-13H2,1-5H3,(H2,21,23,24);1H. The van der Waals surface area contributed by atoms with E-state index in [1.165, 1.54) is 0 Å². The van der Waals surface area contributed by atoms with Crippen molar-refractivity contribution >= 4 is 29.9 Å². The first-order valence-electron chi connectivity index (χ1n) is 8.96. The highest BCUT2D eigenvalue weighted by molar-refractivity contribution is 14.0. The number of benzene rings is 1. The second-order valence-electron chi connectivity index (χ2n) is 5.71. The van der Waals surface area contributed by atoms with E-state index >= 15 is 0 Å². The van der Waals surface area contributed by atoms with Crippen molar-refractivity contribution in [2.24, 2.45) is 4.99 Å². The van der Waals surface area contributed by atoms with Crippen LogP contribution in [0.1, 0.15) is 18.1 Å². The molecule has 1 aromatic heterocycles. The molecule has 0 saturated heterocycles. The second-order valence-corrected chi connectivity index (χ2v) is 5.71. The molecule has 0 atom stereocenters. The highest BCUT2D eigenvalue weighted by atomic mass is 127. The van der Waals surface area contributed by atoms with Crippen molar-refractivity contribution in [1.82, 2.24) is 15.6 Å². The molecule has 0 radical (unpaired) electrons. The maximum absolute atomic E-state index is 5.55. The summed E-state index contributed by atoms with van der Waals surface area (Å²) in [5.41, 5.74) is 1.92. The van der Waals surface area contributed by atoms with Crippen molar-refractivity contribution < 1.29 is 18.9 Å². The van der Waals surface area contributed by atoms with Crippen molar-refractivity contribution in [1.29, 1.82) is 0 Å².